The topological polar surface area (TPSA) is 79.6 Å². The maximum atomic E-state index is 12.4. The average Bonchev–Trinajstić information content (AvgIpc) is 3.16. The number of nitrogens with one attached hydrogen (secondary N) is 1. The minimum atomic E-state index is -3.25. The number of rotatable bonds is 5. The van der Waals surface area contributed by atoms with Gasteiger partial charge in [0.05, 0.1) is 17.7 Å². The fraction of sp³-hybridized carbons (Fsp3) is 0.353. The van der Waals surface area contributed by atoms with Gasteiger partial charge in [-0.25, -0.2) is 8.42 Å². The Bertz CT molecular complexity index is 815. The van der Waals surface area contributed by atoms with E-state index in [1.165, 1.54) is 4.31 Å². The summed E-state index contributed by atoms with van der Waals surface area (Å²) in [5.41, 5.74) is 0.986. The Morgan fingerprint density at radius 3 is 2.83 bits per heavy atom. The molecule has 1 fully saturated rings. The monoisotopic (exact) mass is 348 g/mol. The standard InChI is InChI=1S/C17H20N2O4S/c1-13(11-16-7-3-9-23-16)18-17(20)14-5-2-6-15(12-14)19-8-4-10-24(19,21)22/h2-3,5-7,9,12-13H,4,8,10-11H2,1H3,(H,18,20). The number of benzene rings is 1. The van der Waals surface area contributed by atoms with E-state index in [4.69, 9.17) is 4.42 Å². The van der Waals surface area contributed by atoms with Crippen molar-refractivity contribution in [3.05, 3.63) is 54.0 Å². The zero-order valence-corrected chi connectivity index (χ0v) is 14.3. The number of hydrogen-bond donors (Lipinski definition) is 1. The van der Waals surface area contributed by atoms with Gasteiger partial charge in [0.15, 0.2) is 0 Å². The normalized spacial score (nSPS) is 17.6. The Balaban J connectivity index is 1.70. The molecule has 1 aliphatic rings. The summed E-state index contributed by atoms with van der Waals surface area (Å²) in [5, 5.41) is 2.91. The molecular weight excluding hydrogens is 328 g/mol. The molecule has 0 aliphatic carbocycles. The molecule has 0 saturated carbocycles. The van der Waals surface area contributed by atoms with Crippen LogP contribution in [0.3, 0.4) is 0 Å². The maximum absolute atomic E-state index is 12.4. The van der Waals surface area contributed by atoms with Crippen LogP contribution in [0, 0.1) is 0 Å². The smallest absolute Gasteiger partial charge is 0.251 e. The number of carbonyl (C=O) groups is 1. The maximum Gasteiger partial charge on any atom is 0.251 e. The van der Waals surface area contributed by atoms with Crippen LogP contribution in [0.25, 0.3) is 0 Å². The van der Waals surface area contributed by atoms with Crippen molar-refractivity contribution >= 4 is 21.6 Å². The molecule has 1 saturated heterocycles. The lowest BCUT2D eigenvalue weighted by Gasteiger charge is -2.18. The summed E-state index contributed by atoms with van der Waals surface area (Å²) >= 11 is 0. The highest BCUT2D eigenvalue weighted by atomic mass is 32.2. The molecule has 2 heterocycles. The van der Waals surface area contributed by atoms with E-state index in [1.54, 1.807) is 30.5 Å². The van der Waals surface area contributed by atoms with Crippen molar-refractivity contribution in [2.45, 2.75) is 25.8 Å². The molecule has 24 heavy (non-hydrogen) atoms. The highest BCUT2D eigenvalue weighted by Gasteiger charge is 2.28. The van der Waals surface area contributed by atoms with Gasteiger partial charge in [0.2, 0.25) is 10.0 Å². The molecule has 3 rings (SSSR count). The van der Waals surface area contributed by atoms with E-state index in [1.807, 2.05) is 19.1 Å². The Hall–Kier alpha value is -2.28. The highest BCUT2D eigenvalue weighted by Crippen LogP contribution is 2.24. The van der Waals surface area contributed by atoms with Crippen LogP contribution in [-0.4, -0.2) is 32.7 Å². The van der Waals surface area contributed by atoms with E-state index in [2.05, 4.69) is 5.32 Å². The summed E-state index contributed by atoms with van der Waals surface area (Å²) in [7, 11) is -3.25. The molecule has 7 heteroatoms. The zero-order valence-electron chi connectivity index (χ0n) is 13.4. The number of anilines is 1. The van der Waals surface area contributed by atoms with Crippen LogP contribution in [0.5, 0.6) is 0 Å². The van der Waals surface area contributed by atoms with Gasteiger partial charge in [-0.05, 0) is 43.7 Å². The van der Waals surface area contributed by atoms with Gasteiger partial charge in [-0.2, -0.15) is 0 Å². The van der Waals surface area contributed by atoms with E-state index in [0.29, 0.717) is 30.6 Å². The largest absolute Gasteiger partial charge is 0.469 e. The van der Waals surface area contributed by atoms with Crippen LogP contribution < -0.4 is 9.62 Å². The SMILES string of the molecule is CC(Cc1ccco1)NC(=O)c1cccc(N2CCCS2(=O)=O)c1. The fourth-order valence-corrected chi connectivity index (χ4v) is 4.38. The first-order chi connectivity index (χ1) is 11.5. The number of amides is 1. The third kappa shape index (κ3) is 3.62. The molecule has 1 aromatic carbocycles. The van der Waals surface area contributed by atoms with Gasteiger partial charge in [0.1, 0.15) is 5.76 Å². The Kier molecular flexibility index (Phi) is 4.62. The van der Waals surface area contributed by atoms with Crippen molar-refractivity contribution in [1.82, 2.24) is 5.32 Å². The van der Waals surface area contributed by atoms with Gasteiger partial charge < -0.3 is 9.73 Å². The van der Waals surface area contributed by atoms with Crippen molar-refractivity contribution in [3.8, 4) is 0 Å². The number of carbonyl (C=O) groups excluding carboxylic acids is 1. The van der Waals surface area contributed by atoms with Crippen LogP contribution >= 0.6 is 0 Å². The molecular formula is C17H20N2O4S. The minimum absolute atomic E-state index is 0.0946. The first-order valence-electron chi connectivity index (χ1n) is 7.89. The molecule has 1 N–H and O–H groups in total. The predicted octanol–water partition coefficient (Wildman–Crippen LogP) is 2.18. The summed E-state index contributed by atoms with van der Waals surface area (Å²) < 4.78 is 30.7. The van der Waals surface area contributed by atoms with Crippen molar-refractivity contribution in [3.63, 3.8) is 0 Å². The second kappa shape index (κ2) is 6.68. The number of furan rings is 1. The number of hydrogen-bond acceptors (Lipinski definition) is 4. The minimum Gasteiger partial charge on any atom is -0.469 e. The van der Waals surface area contributed by atoms with Gasteiger partial charge in [0.25, 0.3) is 5.91 Å². The van der Waals surface area contributed by atoms with Crippen molar-refractivity contribution in [2.75, 3.05) is 16.6 Å². The van der Waals surface area contributed by atoms with E-state index >= 15 is 0 Å². The second-order valence-corrected chi connectivity index (χ2v) is 7.96. The molecule has 0 radical (unpaired) electrons. The van der Waals surface area contributed by atoms with Gasteiger partial charge in [-0.3, -0.25) is 9.10 Å². The number of nitrogens with zero attached hydrogens (tertiary/aromatic N) is 1. The van der Waals surface area contributed by atoms with Gasteiger partial charge in [0, 0.05) is 24.6 Å². The summed E-state index contributed by atoms with van der Waals surface area (Å²) in [5.74, 6) is 0.732. The van der Waals surface area contributed by atoms with Gasteiger partial charge in [-0.15, -0.1) is 0 Å². The summed E-state index contributed by atoms with van der Waals surface area (Å²) in [6, 6.07) is 10.3. The van der Waals surface area contributed by atoms with Crippen LogP contribution in [0.15, 0.2) is 47.1 Å². The van der Waals surface area contributed by atoms with E-state index < -0.39 is 10.0 Å². The molecule has 128 valence electrons. The first kappa shape index (κ1) is 16.6. The summed E-state index contributed by atoms with van der Waals surface area (Å²) in [4.78, 5) is 12.4. The van der Waals surface area contributed by atoms with Crippen molar-refractivity contribution in [1.29, 1.82) is 0 Å². The van der Waals surface area contributed by atoms with Crippen LogP contribution in [0.2, 0.25) is 0 Å². The van der Waals surface area contributed by atoms with Crippen LogP contribution in [0.1, 0.15) is 29.5 Å². The molecule has 1 aromatic heterocycles. The quantitative estimate of drug-likeness (QED) is 0.898. The first-order valence-corrected chi connectivity index (χ1v) is 9.50. The lowest BCUT2D eigenvalue weighted by Crippen LogP contribution is -2.34. The van der Waals surface area contributed by atoms with E-state index in [9.17, 15) is 13.2 Å². The summed E-state index contributed by atoms with van der Waals surface area (Å²) in [6.45, 7) is 2.36. The Labute approximate surface area is 141 Å². The second-order valence-electron chi connectivity index (χ2n) is 5.95. The van der Waals surface area contributed by atoms with Gasteiger partial charge in [-0.1, -0.05) is 6.07 Å². The van der Waals surface area contributed by atoms with Crippen molar-refractivity contribution in [2.24, 2.45) is 0 Å². The highest BCUT2D eigenvalue weighted by molar-refractivity contribution is 7.93. The molecule has 6 nitrogen and oxygen atoms in total. The average molecular weight is 348 g/mol. The van der Waals surface area contributed by atoms with E-state index in [0.717, 1.165) is 5.76 Å². The van der Waals surface area contributed by atoms with Gasteiger partial charge >= 0.3 is 0 Å². The molecule has 0 spiro atoms. The Morgan fingerprint density at radius 1 is 1.33 bits per heavy atom. The predicted molar refractivity (Wildman–Crippen MR) is 91.5 cm³/mol. The molecule has 2 aromatic rings. The number of sulfonamides is 1. The third-order valence-electron chi connectivity index (χ3n) is 3.96. The Morgan fingerprint density at radius 2 is 2.17 bits per heavy atom. The third-order valence-corrected chi connectivity index (χ3v) is 5.83. The van der Waals surface area contributed by atoms with Crippen LogP contribution in [-0.2, 0) is 16.4 Å². The van der Waals surface area contributed by atoms with E-state index in [-0.39, 0.29) is 17.7 Å². The lowest BCUT2D eigenvalue weighted by molar-refractivity contribution is 0.0939. The molecule has 0 bridgehead atoms. The molecule has 1 unspecified atom stereocenters. The zero-order chi connectivity index (χ0) is 17.2. The molecule has 1 aliphatic heterocycles. The van der Waals surface area contributed by atoms with Crippen molar-refractivity contribution < 1.29 is 17.6 Å². The van der Waals surface area contributed by atoms with Crippen LogP contribution in [0.4, 0.5) is 5.69 Å². The fourth-order valence-electron chi connectivity index (χ4n) is 2.82. The summed E-state index contributed by atoms with van der Waals surface area (Å²) in [6.07, 6.45) is 2.81. The molecule has 1 amide bonds. The lowest BCUT2D eigenvalue weighted by atomic mass is 10.1. The molecule has 1 atom stereocenters.